The van der Waals surface area contributed by atoms with Crippen LogP contribution in [0.5, 0.6) is 11.6 Å². The number of benzene rings is 2. The second-order valence-electron chi connectivity index (χ2n) is 7.84. The molecule has 31 heavy (non-hydrogen) atoms. The third-order valence-electron chi connectivity index (χ3n) is 5.89. The highest BCUT2D eigenvalue weighted by Gasteiger charge is 2.35. The molecule has 2 aromatic carbocycles. The van der Waals surface area contributed by atoms with Gasteiger partial charge in [-0.1, -0.05) is 12.1 Å². The summed E-state index contributed by atoms with van der Waals surface area (Å²) in [7, 11) is 0. The lowest BCUT2D eigenvalue weighted by Gasteiger charge is -2.24. The number of nitrogens with one attached hydrogen (secondary N) is 1. The molecule has 0 saturated heterocycles. The summed E-state index contributed by atoms with van der Waals surface area (Å²) in [6.07, 6.45) is 4.84. The number of aromatic amines is 1. The molecular formula is C24H21FN4O2. The van der Waals surface area contributed by atoms with Crippen molar-refractivity contribution < 1.29 is 13.9 Å². The van der Waals surface area contributed by atoms with Crippen LogP contribution in [0.25, 0.3) is 11.3 Å². The number of aromatic nitrogens is 2. The normalized spacial score (nSPS) is 18.4. The monoisotopic (exact) mass is 416 g/mol. The van der Waals surface area contributed by atoms with Crippen LogP contribution in [0.15, 0.2) is 60.0 Å². The maximum atomic E-state index is 13.4. The smallest absolute Gasteiger partial charge is 0.244 e. The highest BCUT2D eigenvalue weighted by molar-refractivity contribution is 5.70. The second kappa shape index (κ2) is 7.80. The molecule has 0 bridgehead atoms. The van der Waals surface area contributed by atoms with Gasteiger partial charge in [0.2, 0.25) is 11.8 Å². The van der Waals surface area contributed by atoms with E-state index in [-0.39, 0.29) is 17.8 Å². The fourth-order valence-corrected chi connectivity index (χ4v) is 4.35. The van der Waals surface area contributed by atoms with E-state index in [1.165, 1.54) is 25.0 Å². The van der Waals surface area contributed by atoms with Crippen molar-refractivity contribution in [1.82, 2.24) is 10.2 Å². The first-order valence-corrected chi connectivity index (χ1v) is 10.3. The standard InChI is InChI=1S/C24H21FN4O2/c25-16-9-5-15(6-10-16)22-21-20(19(13-26)23(27)31-24(21)29-28-22)14-7-11-18(12-8-14)30-17-3-1-2-4-17/h5-12,17,20H,1-4,27H2,(H,28,29). The number of ether oxygens (including phenoxy) is 2. The van der Waals surface area contributed by atoms with E-state index in [2.05, 4.69) is 16.3 Å². The number of allylic oxidation sites excluding steroid dienone is 1. The van der Waals surface area contributed by atoms with E-state index in [9.17, 15) is 9.65 Å². The fraction of sp³-hybridized carbons (Fsp3) is 0.250. The Balaban J connectivity index is 1.55. The Labute approximate surface area is 179 Å². The summed E-state index contributed by atoms with van der Waals surface area (Å²) in [4.78, 5) is 0. The van der Waals surface area contributed by atoms with E-state index in [1.54, 1.807) is 12.1 Å². The predicted octanol–water partition coefficient (Wildman–Crippen LogP) is 4.76. The summed E-state index contributed by atoms with van der Waals surface area (Å²) in [5.41, 5.74) is 9.31. The molecular weight excluding hydrogens is 395 g/mol. The minimum absolute atomic E-state index is 0.0310. The van der Waals surface area contributed by atoms with Crippen LogP contribution in [0, 0.1) is 17.1 Å². The number of nitrogens with zero attached hydrogens (tertiary/aromatic N) is 2. The summed E-state index contributed by atoms with van der Waals surface area (Å²) in [5, 5.41) is 17.0. The number of hydrogen-bond donors (Lipinski definition) is 2. The van der Waals surface area contributed by atoms with Crippen molar-refractivity contribution >= 4 is 0 Å². The molecule has 0 spiro atoms. The van der Waals surface area contributed by atoms with Gasteiger partial charge < -0.3 is 15.2 Å². The van der Waals surface area contributed by atoms with Crippen molar-refractivity contribution in [3.05, 3.63) is 76.9 Å². The van der Waals surface area contributed by atoms with Crippen LogP contribution in [0.4, 0.5) is 4.39 Å². The van der Waals surface area contributed by atoms with Gasteiger partial charge in [-0.3, -0.25) is 5.10 Å². The number of nitrogens with two attached hydrogens (primary N) is 1. The third-order valence-corrected chi connectivity index (χ3v) is 5.89. The number of hydrogen-bond acceptors (Lipinski definition) is 5. The molecule has 1 fully saturated rings. The summed E-state index contributed by atoms with van der Waals surface area (Å²) in [6.45, 7) is 0. The summed E-state index contributed by atoms with van der Waals surface area (Å²) in [5.74, 6) is 0.359. The average Bonchev–Trinajstić information content (AvgIpc) is 3.44. The molecule has 2 aliphatic rings. The molecule has 0 radical (unpaired) electrons. The van der Waals surface area contributed by atoms with Crippen LogP contribution in [0.2, 0.25) is 0 Å². The molecule has 1 atom stereocenters. The van der Waals surface area contributed by atoms with Crippen LogP contribution >= 0.6 is 0 Å². The van der Waals surface area contributed by atoms with Crippen LogP contribution in [-0.2, 0) is 0 Å². The van der Waals surface area contributed by atoms with E-state index in [1.807, 2.05) is 24.3 Å². The van der Waals surface area contributed by atoms with Crippen molar-refractivity contribution in [1.29, 1.82) is 5.26 Å². The van der Waals surface area contributed by atoms with E-state index in [0.717, 1.165) is 29.7 Å². The van der Waals surface area contributed by atoms with E-state index < -0.39 is 5.92 Å². The maximum Gasteiger partial charge on any atom is 0.244 e. The largest absolute Gasteiger partial charge is 0.490 e. The molecule has 2 heterocycles. The molecule has 1 aliphatic heterocycles. The van der Waals surface area contributed by atoms with Crippen molar-refractivity contribution in [2.75, 3.05) is 0 Å². The molecule has 1 unspecified atom stereocenters. The zero-order valence-corrected chi connectivity index (χ0v) is 16.8. The third kappa shape index (κ3) is 3.50. The van der Waals surface area contributed by atoms with Gasteiger partial charge in [0.15, 0.2) is 0 Å². The highest BCUT2D eigenvalue weighted by atomic mass is 19.1. The zero-order valence-electron chi connectivity index (χ0n) is 16.8. The Morgan fingerprint density at radius 3 is 2.48 bits per heavy atom. The number of H-pyrrole nitrogens is 1. The topological polar surface area (TPSA) is 97.0 Å². The molecule has 1 saturated carbocycles. The Morgan fingerprint density at radius 2 is 1.81 bits per heavy atom. The molecule has 1 aromatic heterocycles. The Hall–Kier alpha value is -3.79. The quantitative estimate of drug-likeness (QED) is 0.639. The minimum Gasteiger partial charge on any atom is -0.490 e. The number of fused-ring (bicyclic) bond motifs is 1. The average molecular weight is 416 g/mol. The number of halogens is 1. The van der Waals surface area contributed by atoms with Gasteiger partial charge in [-0.05, 0) is 67.6 Å². The molecule has 6 nitrogen and oxygen atoms in total. The number of rotatable bonds is 4. The lowest BCUT2D eigenvalue weighted by Crippen LogP contribution is -2.21. The molecule has 5 rings (SSSR count). The first-order valence-electron chi connectivity index (χ1n) is 10.3. The van der Waals surface area contributed by atoms with Crippen molar-refractivity contribution in [3.8, 4) is 29.0 Å². The van der Waals surface area contributed by atoms with Gasteiger partial charge in [-0.15, -0.1) is 5.10 Å². The number of nitriles is 1. The summed E-state index contributed by atoms with van der Waals surface area (Å²) in [6, 6.07) is 16.0. The predicted molar refractivity (Wildman–Crippen MR) is 113 cm³/mol. The lowest BCUT2D eigenvalue weighted by atomic mass is 9.83. The van der Waals surface area contributed by atoms with Gasteiger partial charge in [0.1, 0.15) is 23.2 Å². The van der Waals surface area contributed by atoms with Crippen molar-refractivity contribution in [2.45, 2.75) is 37.7 Å². The zero-order chi connectivity index (χ0) is 21.4. The molecule has 7 heteroatoms. The second-order valence-corrected chi connectivity index (χ2v) is 7.84. The highest BCUT2D eigenvalue weighted by Crippen LogP contribution is 2.45. The van der Waals surface area contributed by atoms with Gasteiger partial charge in [0.05, 0.1) is 23.3 Å². The lowest BCUT2D eigenvalue weighted by molar-refractivity contribution is 0.210. The van der Waals surface area contributed by atoms with E-state index >= 15 is 0 Å². The molecule has 3 N–H and O–H groups in total. The van der Waals surface area contributed by atoms with Gasteiger partial charge in [0, 0.05) is 5.56 Å². The minimum atomic E-state index is -0.465. The fourth-order valence-electron chi connectivity index (χ4n) is 4.35. The van der Waals surface area contributed by atoms with Gasteiger partial charge in [-0.25, -0.2) is 4.39 Å². The van der Waals surface area contributed by atoms with Crippen LogP contribution in [-0.4, -0.2) is 16.3 Å². The van der Waals surface area contributed by atoms with Gasteiger partial charge in [0.25, 0.3) is 0 Å². The van der Waals surface area contributed by atoms with Gasteiger partial charge in [-0.2, -0.15) is 5.26 Å². The van der Waals surface area contributed by atoms with Crippen LogP contribution in [0.1, 0.15) is 42.7 Å². The summed E-state index contributed by atoms with van der Waals surface area (Å²) < 4.78 is 25.1. The first kappa shape index (κ1) is 19.2. The van der Waals surface area contributed by atoms with E-state index in [0.29, 0.717) is 22.7 Å². The van der Waals surface area contributed by atoms with Gasteiger partial charge >= 0.3 is 0 Å². The maximum absolute atomic E-state index is 13.4. The summed E-state index contributed by atoms with van der Waals surface area (Å²) >= 11 is 0. The molecule has 1 aliphatic carbocycles. The van der Waals surface area contributed by atoms with Crippen LogP contribution < -0.4 is 15.2 Å². The van der Waals surface area contributed by atoms with Crippen molar-refractivity contribution in [3.63, 3.8) is 0 Å². The Kier molecular flexibility index (Phi) is 4.83. The Bertz CT molecular complexity index is 1170. The van der Waals surface area contributed by atoms with E-state index in [4.69, 9.17) is 15.2 Å². The molecule has 3 aromatic rings. The first-order chi connectivity index (χ1) is 15.1. The van der Waals surface area contributed by atoms with Crippen molar-refractivity contribution in [2.24, 2.45) is 5.73 Å². The molecule has 156 valence electrons. The SMILES string of the molecule is N#CC1=C(N)Oc2n[nH]c(-c3ccc(F)cc3)c2C1c1ccc(OC2CCCC2)cc1. The molecule has 0 amide bonds. The Morgan fingerprint density at radius 1 is 1.10 bits per heavy atom. The van der Waals surface area contributed by atoms with Crippen LogP contribution in [0.3, 0.4) is 0 Å².